The Morgan fingerprint density at radius 1 is 0.843 bits per heavy atom. The Hall–Kier alpha value is -2.16. The number of rotatable bonds is 24. The molecule has 4 amide bonds. The second kappa shape index (κ2) is 34.9. The number of primary amides is 1. The smallest absolute Gasteiger partial charge is 0.305 e. The third-order valence-electron chi connectivity index (χ3n) is 6.10. The van der Waals surface area contributed by atoms with Gasteiger partial charge in [0.05, 0.1) is 31.0 Å². The highest BCUT2D eigenvalue weighted by molar-refractivity contribution is 8.77. The van der Waals surface area contributed by atoms with Gasteiger partial charge < -0.3 is 52.8 Å². The molecule has 0 aromatic rings. The molecular formula is C32H62N6O9S4. The van der Waals surface area contributed by atoms with Gasteiger partial charge in [0.1, 0.15) is 18.1 Å². The van der Waals surface area contributed by atoms with Crippen LogP contribution in [0.1, 0.15) is 80.1 Å². The Balaban J connectivity index is -0.00000230. The molecule has 51 heavy (non-hydrogen) atoms. The molecule has 15 nitrogen and oxygen atoms in total. The number of allylic oxidation sites excluding steroid dienone is 1. The van der Waals surface area contributed by atoms with Crippen molar-refractivity contribution in [3.8, 4) is 0 Å². The van der Waals surface area contributed by atoms with Crippen LogP contribution in [0.5, 0.6) is 0 Å². The molecule has 0 aromatic heterocycles. The van der Waals surface area contributed by atoms with Crippen LogP contribution >= 0.6 is 43.2 Å². The number of likely N-dealkylation sites (N-methyl/N-ethyl adjacent to an activating group) is 1. The molecule has 0 radical (unpaired) electrons. The van der Waals surface area contributed by atoms with Crippen LogP contribution < -0.4 is 32.7 Å². The fourth-order valence-electron chi connectivity index (χ4n) is 3.53. The summed E-state index contributed by atoms with van der Waals surface area (Å²) in [6.45, 7) is 11.9. The second-order valence-corrected chi connectivity index (χ2v) is 16.1. The average molecular weight is 803 g/mol. The molecule has 0 bridgehead atoms. The van der Waals surface area contributed by atoms with Crippen molar-refractivity contribution in [2.45, 2.75) is 104 Å². The van der Waals surface area contributed by atoms with Crippen LogP contribution in [0.4, 0.5) is 0 Å². The van der Waals surface area contributed by atoms with Crippen molar-refractivity contribution < 1.29 is 44.1 Å². The summed E-state index contributed by atoms with van der Waals surface area (Å²) in [7, 11) is 7.07. The number of aliphatic hydroxyl groups is 2. The van der Waals surface area contributed by atoms with Gasteiger partial charge in [0, 0.05) is 41.9 Å². The van der Waals surface area contributed by atoms with Crippen LogP contribution in [0.15, 0.2) is 11.3 Å². The first kappa shape index (κ1) is 53.2. The standard InChI is InChI=1S/C25H43N5O8S4.C4H8O.C2H6.CH5N/c1-3-27-19(24(26)37)14-42-39-9-7-20(32)29-17(12-22(34)35)25(38)28-8-10-40-41-13-18(23(36)16-5-4-6-16)30-21(33)11-15(2)31;1-4(2)3-5;2*1-2/h15,17-19,27,31,36H,3-14H2,1-2H3,(H2,26,37)(H,28,38)(H,29,32)(H,30,33)(H,34,35);3-4H,1-2H3;1-2H3;2H2,1H3. The monoisotopic (exact) mass is 802 g/mol. The number of nitrogens with one attached hydrogen (secondary N) is 4. The van der Waals surface area contributed by atoms with Crippen LogP contribution in [-0.4, -0.2) is 119 Å². The van der Waals surface area contributed by atoms with Gasteiger partial charge in [0.25, 0.3) is 0 Å². The number of aldehydes is 1. The molecular weight excluding hydrogens is 741 g/mol. The molecule has 1 aliphatic rings. The van der Waals surface area contributed by atoms with Crippen molar-refractivity contribution in [3.05, 3.63) is 11.3 Å². The Labute approximate surface area is 319 Å². The van der Waals surface area contributed by atoms with E-state index >= 15 is 0 Å². The first-order chi connectivity index (χ1) is 24.2. The highest BCUT2D eigenvalue weighted by Crippen LogP contribution is 2.31. The summed E-state index contributed by atoms with van der Waals surface area (Å²) in [6, 6.07) is -2.28. The van der Waals surface area contributed by atoms with Gasteiger partial charge in [0.15, 0.2) is 0 Å². The lowest BCUT2D eigenvalue weighted by atomic mass is 9.89. The first-order valence-corrected chi connectivity index (χ1v) is 21.9. The lowest BCUT2D eigenvalue weighted by Gasteiger charge is -2.25. The Kier molecular flexibility index (Phi) is 36.4. The number of nitrogens with two attached hydrogens (primary N) is 2. The summed E-state index contributed by atoms with van der Waals surface area (Å²) in [5.74, 6) is -1.06. The molecule has 4 unspecified atom stereocenters. The highest BCUT2D eigenvalue weighted by atomic mass is 33.1. The number of amides is 4. The zero-order chi connectivity index (χ0) is 39.8. The normalized spacial score (nSPS) is 13.8. The number of aliphatic carboxylic acids is 1. The van der Waals surface area contributed by atoms with Crippen molar-refractivity contribution in [2.75, 3.05) is 43.1 Å². The maximum absolute atomic E-state index is 12.6. The van der Waals surface area contributed by atoms with E-state index in [1.54, 1.807) is 0 Å². The maximum atomic E-state index is 12.6. The highest BCUT2D eigenvalue weighted by Gasteiger charge is 2.25. The van der Waals surface area contributed by atoms with Gasteiger partial charge in [0.2, 0.25) is 23.6 Å². The molecule has 1 rings (SSSR count). The molecule has 298 valence electrons. The molecule has 1 fully saturated rings. The molecule has 0 aliphatic heterocycles. The predicted octanol–water partition coefficient (Wildman–Crippen LogP) is 2.37. The molecule has 4 atom stereocenters. The number of carbonyl (C=O) groups excluding carboxylic acids is 5. The van der Waals surface area contributed by atoms with E-state index in [-0.39, 0.29) is 37.0 Å². The quantitative estimate of drug-likeness (QED) is 0.0294. The van der Waals surface area contributed by atoms with Gasteiger partial charge in [-0.05, 0) is 45.4 Å². The molecule has 0 aromatic carbocycles. The van der Waals surface area contributed by atoms with E-state index in [9.17, 15) is 44.1 Å². The third-order valence-corrected chi connectivity index (χ3v) is 10.9. The van der Waals surface area contributed by atoms with Crippen LogP contribution in [0.2, 0.25) is 0 Å². The van der Waals surface area contributed by atoms with E-state index in [0.29, 0.717) is 29.6 Å². The number of carboxylic acid groups (broad SMARTS) is 1. The second-order valence-electron chi connectivity index (χ2n) is 10.9. The summed E-state index contributed by atoms with van der Waals surface area (Å²) in [4.78, 5) is 69.1. The molecule has 19 heteroatoms. The SMILES string of the molecule is CC.CC(C)C=O.CCNC(CSSCCC(=O)NC(CC(=O)O)C(=O)NCCSSCC(NC(=O)CC(C)O)C(O)=C1CCC1)C(N)=O.CN. The molecule has 0 saturated heterocycles. The molecule has 11 N–H and O–H groups in total. The molecule has 0 spiro atoms. The van der Waals surface area contributed by atoms with E-state index < -0.39 is 54.3 Å². The van der Waals surface area contributed by atoms with Gasteiger partial charge in [-0.25, -0.2) is 0 Å². The van der Waals surface area contributed by atoms with Crippen LogP contribution in [0.25, 0.3) is 0 Å². The van der Waals surface area contributed by atoms with Crippen molar-refractivity contribution in [1.29, 1.82) is 0 Å². The Morgan fingerprint density at radius 2 is 1.37 bits per heavy atom. The zero-order valence-electron chi connectivity index (χ0n) is 31.0. The van der Waals surface area contributed by atoms with Crippen molar-refractivity contribution in [1.82, 2.24) is 21.3 Å². The molecule has 1 saturated carbocycles. The Morgan fingerprint density at radius 3 is 1.82 bits per heavy atom. The van der Waals surface area contributed by atoms with Crippen molar-refractivity contribution >= 4 is 79.1 Å². The zero-order valence-corrected chi connectivity index (χ0v) is 34.3. The minimum Gasteiger partial charge on any atom is -0.510 e. The number of hydrogen-bond acceptors (Lipinski definition) is 14. The van der Waals surface area contributed by atoms with Gasteiger partial charge >= 0.3 is 5.97 Å². The summed E-state index contributed by atoms with van der Waals surface area (Å²) >= 11 is 0. The number of carboxylic acids is 1. The average Bonchev–Trinajstić information content (AvgIpc) is 3.05. The fraction of sp³-hybridized carbons (Fsp3) is 0.750. The number of carbonyl (C=O) groups is 6. The van der Waals surface area contributed by atoms with Crippen LogP contribution in [0, 0.1) is 5.92 Å². The summed E-state index contributed by atoms with van der Waals surface area (Å²) in [5.41, 5.74) is 10.7. The number of aliphatic hydroxyl groups excluding tert-OH is 2. The molecule has 1 aliphatic carbocycles. The van der Waals surface area contributed by atoms with E-state index in [1.165, 1.54) is 57.1 Å². The lowest BCUT2D eigenvalue weighted by molar-refractivity contribution is -0.140. The van der Waals surface area contributed by atoms with Crippen molar-refractivity contribution in [2.24, 2.45) is 17.4 Å². The van der Waals surface area contributed by atoms with E-state index in [2.05, 4.69) is 27.0 Å². The van der Waals surface area contributed by atoms with E-state index in [1.807, 2.05) is 34.6 Å². The minimum atomic E-state index is -1.23. The fourth-order valence-corrected chi connectivity index (χ4v) is 7.81. The largest absolute Gasteiger partial charge is 0.510 e. The maximum Gasteiger partial charge on any atom is 0.305 e. The topological polar surface area (TPSA) is 263 Å². The van der Waals surface area contributed by atoms with Crippen LogP contribution in [0.3, 0.4) is 0 Å². The third kappa shape index (κ3) is 30.0. The minimum absolute atomic E-state index is 0.0634. The van der Waals surface area contributed by atoms with Gasteiger partial charge in [-0.2, -0.15) is 0 Å². The van der Waals surface area contributed by atoms with E-state index in [0.717, 1.165) is 31.1 Å². The lowest BCUT2D eigenvalue weighted by Crippen LogP contribution is -2.48. The summed E-state index contributed by atoms with van der Waals surface area (Å²) in [6.07, 6.45) is 2.13. The number of hydrogen-bond donors (Lipinski definition) is 9. The Bertz CT molecular complexity index is 1030. The van der Waals surface area contributed by atoms with E-state index in [4.69, 9.17) is 5.73 Å². The van der Waals surface area contributed by atoms with Gasteiger partial charge in [-0.15, -0.1) is 0 Å². The van der Waals surface area contributed by atoms with Crippen molar-refractivity contribution in [3.63, 3.8) is 0 Å². The molecule has 0 heterocycles. The first-order valence-electron chi connectivity index (χ1n) is 16.9. The summed E-state index contributed by atoms with van der Waals surface area (Å²) < 4.78 is 0. The summed E-state index contributed by atoms with van der Waals surface area (Å²) in [5, 5.41) is 40.0. The van der Waals surface area contributed by atoms with Gasteiger partial charge in [-0.3, -0.25) is 24.0 Å². The van der Waals surface area contributed by atoms with Gasteiger partial charge in [-0.1, -0.05) is 77.8 Å². The predicted molar refractivity (Wildman–Crippen MR) is 212 cm³/mol. The van der Waals surface area contributed by atoms with Crippen LogP contribution in [-0.2, 0) is 28.8 Å².